The van der Waals surface area contributed by atoms with Crippen LogP contribution < -0.4 is 10.6 Å². The van der Waals surface area contributed by atoms with Gasteiger partial charge in [-0.15, -0.1) is 0 Å². The lowest BCUT2D eigenvalue weighted by Crippen LogP contribution is -2.42. The molecule has 0 fully saturated rings. The average molecular weight is 264 g/mol. The van der Waals surface area contributed by atoms with Crippen LogP contribution in [0.4, 0.5) is 13.2 Å². The zero-order valence-electron chi connectivity index (χ0n) is 9.87. The molecule has 102 valence electrons. The molecule has 0 bridgehead atoms. The van der Waals surface area contributed by atoms with Gasteiger partial charge < -0.3 is 10.6 Å². The van der Waals surface area contributed by atoms with E-state index in [9.17, 15) is 18.0 Å². The molecule has 0 aliphatic heterocycles. The fourth-order valence-electron chi connectivity index (χ4n) is 1.38. The van der Waals surface area contributed by atoms with E-state index >= 15 is 0 Å². The van der Waals surface area contributed by atoms with E-state index < -0.39 is 18.6 Å². The average Bonchev–Trinajstić information content (AvgIpc) is 2.67. The molecule has 1 aromatic rings. The van der Waals surface area contributed by atoms with Crippen molar-refractivity contribution in [2.45, 2.75) is 25.7 Å². The minimum atomic E-state index is -4.30. The Bertz CT molecular complexity index is 364. The molecule has 0 saturated carbocycles. The highest BCUT2D eigenvalue weighted by molar-refractivity contribution is 5.78. The number of carbonyl (C=O) groups excluding carboxylic acids is 1. The summed E-state index contributed by atoms with van der Waals surface area (Å²) in [5.74, 6) is -0.473. The summed E-state index contributed by atoms with van der Waals surface area (Å²) in [6.07, 6.45) is -0.953. The van der Waals surface area contributed by atoms with Crippen LogP contribution in [0.3, 0.4) is 0 Å². The summed E-state index contributed by atoms with van der Waals surface area (Å²) in [6, 6.07) is 1.55. The van der Waals surface area contributed by atoms with Gasteiger partial charge in [0.15, 0.2) is 0 Å². The number of alkyl halides is 3. The van der Waals surface area contributed by atoms with Crippen LogP contribution in [0.5, 0.6) is 0 Å². The minimum Gasteiger partial charge on any atom is -0.351 e. The van der Waals surface area contributed by atoms with Crippen LogP contribution in [0.15, 0.2) is 18.5 Å². The van der Waals surface area contributed by atoms with Gasteiger partial charge in [0.1, 0.15) is 0 Å². The number of rotatable bonds is 6. The van der Waals surface area contributed by atoms with E-state index in [4.69, 9.17) is 0 Å². The molecule has 1 aromatic heterocycles. The van der Waals surface area contributed by atoms with Crippen molar-refractivity contribution in [1.82, 2.24) is 20.4 Å². The molecule has 0 aliphatic rings. The van der Waals surface area contributed by atoms with Gasteiger partial charge in [-0.1, -0.05) is 0 Å². The van der Waals surface area contributed by atoms with Gasteiger partial charge in [0.2, 0.25) is 5.91 Å². The van der Waals surface area contributed by atoms with Crippen LogP contribution in [-0.4, -0.2) is 41.0 Å². The molecule has 1 unspecified atom stereocenters. The lowest BCUT2D eigenvalue weighted by atomic mass is 10.3. The smallest absolute Gasteiger partial charge is 0.351 e. The van der Waals surface area contributed by atoms with E-state index in [1.807, 2.05) is 5.32 Å². The Morgan fingerprint density at radius 1 is 1.50 bits per heavy atom. The molecule has 5 nitrogen and oxygen atoms in total. The summed E-state index contributed by atoms with van der Waals surface area (Å²) in [7, 11) is 0. The van der Waals surface area contributed by atoms with Crippen molar-refractivity contribution in [2.75, 3.05) is 13.1 Å². The first-order valence-corrected chi connectivity index (χ1v) is 5.41. The maximum absolute atomic E-state index is 11.8. The third kappa shape index (κ3) is 6.24. The van der Waals surface area contributed by atoms with Gasteiger partial charge >= 0.3 is 6.18 Å². The zero-order chi connectivity index (χ0) is 13.6. The minimum absolute atomic E-state index is 0.204. The Hall–Kier alpha value is -1.57. The quantitative estimate of drug-likeness (QED) is 0.788. The van der Waals surface area contributed by atoms with E-state index in [0.29, 0.717) is 6.54 Å². The molecule has 1 atom stereocenters. The van der Waals surface area contributed by atoms with Gasteiger partial charge in [-0.3, -0.25) is 9.48 Å². The Morgan fingerprint density at radius 2 is 2.22 bits per heavy atom. The number of halogens is 3. The third-order valence-electron chi connectivity index (χ3n) is 2.04. The highest BCUT2D eigenvalue weighted by Crippen LogP contribution is 2.11. The number of aromatic nitrogens is 2. The summed E-state index contributed by atoms with van der Waals surface area (Å²) < 4.78 is 37.1. The first kappa shape index (κ1) is 14.5. The van der Waals surface area contributed by atoms with E-state index in [2.05, 4.69) is 10.4 Å². The first-order chi connectivity index (χ1) is 8.37. The lowest BCUT2D eigenvalue weighted by Gasteiger charge is -2.14. The fourth-order valence-corrected chi connectivity index (χ4v) is 1.38. The predicted molar refractivity (Wildman–Crippen MR) is 58.8 cm³/mol. The summed E-state index contributed by atoms with van der Waals surface area (Å²) in [5, 5.41) is 8.56. The second-order valence-electron chi connectivity index (χ2n) is 3.92. The topological polar surface area (TPSA) is 59.0 Å². The van der Waals surface area contributed by atoms with Crippen molar-refractivity contribution in [2.24, 2.45) is 0 Å². The number of nitrogens with one attached hydrogen (secondary N) is 2. The SMILES string of the molecule is CC(Cn1cccn1)NC(=O)CNCC(F)(F)F. The standard InChI is InChI=1S/C10H15F3N4O/c1-8(6-17-4-2-3-15-17)16-9(18)5-14-7-10(11,12)13/h2-4,8,14H,5-7H2,1H3,(H,16,18). The molecule has 2 N–H and O–H groups in total. The Balaban J connectivity index is 2.19. The molecular formula is C10H15F3N4O. The Kier molecular flexibility index (Phi) is 5.14. The monoisotopic (exact) mass is 264 g/mol. The molecule has 1 amide bonds. The maximum Gasteiger partial charge on any atom is 0.401 e. The van der Waals surface area contributed by atoms with Crippen LogP contribution in [0, 0.1) is 0 Å². The van der Waals surface area contributed by atoms with Crippen molar-refractivity contribution < 1.29 is 18.0 Å². The Labute approximate surface area is 102 Å². The van der Waals surface area contributed by atoms with E-state index in [0.717, 1.165) is 0 Å². The first-order valence-electron chi connectivity index (χ1n) is 5.41. The van der Waals surface area contributed by atoms with Crippen molar-refractivity contribution in [1.29, 1.82) is 0 Å². The van der Waals surface area contributed by atoms with E-state index in [-0.39, 0.29) is 12.6 Å². The lowest BCUT2D eigenvalue weighted by molar-refractivity contribution is -0.128. The van der Waals surface area contributed by atoms with E-state index in [1.165, 1.54) is 0 Å². The van der Waals surface area contributed by atoms with Crippen LogP contribution in [-0.2, 0) is 11.3 Å². The van der Waals surface area contributed by atoms with Crippen LogP contribution in [0.1, 0.15) is 6.92 Å². The van der Waals surface area contributed by atoms with Crippen LogP contribution >= 0.6 is 0 Å². The van der Waals surface area contributed by atoms with Gasteiger partial charge in [0, 0.05) is 18.4 Å². The van der Waals surface area contributed by atoms with Crippen molar-refractivity contribution in [3.05, 3.63) is 18.5 Å². The fraction of sp³-hybridized carbons (Fsp3) is 0.600. The van der Waals surface area contributed by atoms with Crippen molar-refractivity contribution >= 4 is 5.91 Å². The molecule has 1 rings (SSSR count). The van der Waals surface area contributed by atoms with Gasteiger partial charge in [0.05, 0.1) is 19.6 Å². The molecular weight excluding hydrogens is 249 g/mol. The number of hydrogen-bond donors (Lipinski definition) is 2. The van der Waals surface area contributed by atoms with Crippen molar-refractivity contribution in [3.8, 4) is 0 Å². The number of hydrogen-bond acceptors (Lipinski definition) is 3. The highest BCUT2D eigenvalue weighted by Gasteiger charge is 2.26. The highest BCUT2D eigenvalue weighted by atomic mass is 19.4. The molecule has 1 heterocycles. The van der Waals surface area contributed by atoms with Crippen LogP contribution in [0.25, 0.3) is 0 Å². The Morgan fingerprint density at radius 3 is 2.78 bits per heavy atom. The molecule has 0 spiro atoms. The summed E-state index contributed by atoms with van der Waals surface area (Å²) >= 11 is 0. The van der Waals surface area contributed by atoms with Crippen molar-refractivity contribution in [3.63, 3.8) is 0 Å². The molecule has 0 saturated heterocycles. The summed E-state index contributed by atoms with van der Waals surface area (Å²) in [6.45, 7) is 0.693. The largest absolute Gasteiger partial charge is 0.401 e. The summed E-state index contributed by atoms with van der Waals surface area (Å²) in [5.41, 5.74) is 0. The number of amides is 1. The van der Waals surface area contributed by atoms with Gasteiger partial charge in [0.25, 0.3) is 0 Å². The van der Waals surface area contributed by atoms with Gasteiger partial charge in [-0.2, -0.15) is 18.3 Å². The van der Waals surface area contributed by atoms with Gasteiger partial charge in [-0.25, -0.2) is 0 Å². The maximum atomic E-state index is 11.8. The summed E-state index contributed by atoms with van der Waals surface area (Å²) in [4.78, 5) is 11.3. The predicted octanol–water partition coefficient (Wildman–Crippen LogP) is 0.540. The second kappa shape index (κ2) is 6.39. The number of nitrogens with zero attached hydrogens (tertiary/aromatic N) is 2. The zero-order valence-corrected chi connectivity index (χ0v) is 9.87. The molecule has 0 radical (unpaired) electrons. The molecule has 0 aromatic carbocycles. The molecule has 8 heteroatoms. The van der Waals surface area contributed by atoms with Gasteiger partial charge in [-0.05, 0) is 13.0 Å². The third-order valence-corrected chi connectivity index (χ3v) is 2.04. The normalized spacial score (nSPS) is 13.3. The second-order valence-corrected chi connectivity index (χ2v) is 3.92. The molecule has 18 heavy (non-hydrogen) atoms. The van der Waals surface area contributed by atoms with E-state index in [1.54, 1.807) is 30.1 Å². The number of carbonyl (C=O) groups is 1. The molecule has 0 aliphatic carbocycles. The van der Waals surface area contributed by atoms with Crippen LogP contribution in [0.2, 0.25) is 0 Å².